The van der Waals surface area contributed by atoms with Crippen LogP contribution < -0.4 is 4.74 Å². The summed E-state index contributed by atoms with van der Waals surface area (Å²) in [5.41, 5.74) is 2.07. The molecule has 0 spiro atoms. The highest BCUT2D eigenvalue weighted by atomic mass is 16.6. The number of carbonyl (C=O) groups excluding carboxylic acids is 1. The molecule has 0 aliphatic rings. The minimum absolute atomic E-state index is 0.127. The number of carboxylic acid groups (broad SMARTS) is 1. The van der Waals surface area contributed by atoms with Crippen LogP contribution in [0.2, 0.25) is 0 Å². The van der Waals surface area contributed by atoms with E-state index in [-0.39, 0.29) is 18.3 Å². The maximum absolute atomic E-state index is 11.4. The standard InChI is InChI=1S/C20H21NO5/c1-14(2)26-19(22)13-25-18-9-5-16(6-10-18)12-21-11-15-3-7-17(8-4-15)20(23)24/h3-10,12,14H,11,13H2,1-2H3,(H,23,24). The third kappa shape index (κ3) is 6.39. The summed E-state index contributed by atoms with van der Waals surface area (Å²) in [5, 5.41) is 8.86. The fourth-order valence-electron chi connectivity index (χ4n) is 2.10. The van der Waals surface area contributed by atoms with E-state index in [1.807, 2.05) is 12.1 Å². The Morgan fingerprint density at radius 1 is 1.08 bits per heavy atom. The summed E-state index contributed by atoms with van der Waals surface area (Å²) in [6, 6.07) is 13.8. The lowest BCUT2D eigenvalue weighted by molar-refractivity contribution is -0.149. The topological polar surface area (TPSA) is 85.2 Å². The minimum Gasteiger partial charge on any atom is -0.482 e. The zero-order chi connectivity index (χ0) is 18.9. The van der Waals surface area contributed by atoms with E-state index >= 15 is 0 Å². The number of hydrogen-bond acceptors (Lipinski definition) is 5. The van der Waals surface area contributed by atoms with Crippen molar-refractivity contribution in [2.24, 2.45) is 4.99 Å². The molecular formula is C20H21NO5. The zero-order valence-corrected chi connectivity index (χ0v) is 14.7. The third-order valence-electron chi connectivity index (χ3n) is 3.32. The smallest absolute Gasteiger partial charge is 0.344 e. The Bertz CT molecular complexity index is 764. The van der Waals surface area contributed by atoms with Crippen molar-refractivity contribution in [2.45, 2.75) is 26.5 Å². The third-order valence-corrected chi connectivity index (χ3v) is 3.32. The molecule has 0 aliphatic carbocycles. The van der Waals surface area contributed by atoms with Gasteiger partial charge in [-0.15, -0.1) is 0 Å². The first kappa shape index (κ1) is 19.2. The van der Waals surface area contributed by atoms with Crippen molar-refractivity contribution in [3.05, 3.63) is 65.2 Å². The van der Waals surface area contributed by atoms with E-state index in [1.54, 1.807) is 56.5 Å². The van der Waals surface area contributed by atoms with Crippen molar-refractivity contribution in [3.8, 4) is 5.75 Å². The van der Waals surface area contributed by atoms with Crippen LogP contribution in [0.4, 0.5) is 0 Å². The van der Waals surface area contributed by atoms with Gasteiger partial charge < -0.3 is 14.6 Å². The van der Waals surface area contributed by atoms with Gasteiger partial charge in [-0.1, -0.05) is 12.1 Å². The number of nitrogens with zero attached hydrogens (tertiary/aromatic N) is 1. The molecule has 0 bridgehead atoms. The number of benzene rings is 2. The maximum Gasteiger partial charge on any atom is 0.344 e. The average Bonchev–Trinajstić information content (AvgIpc) is 2.61. The molecule has 0 aliphatic heterocycles. The summed E-state index contributed by atoms with van der Waals surface area (Å²) in [4.78, 5) is 26.6. The van der Waals surface area contributed by atoms with E-state index < -0.39 is 11.9 Å². The van der Waals surface area contributed by atoms with Gasteiger partial charge in [0.25, 0.3) is 0 Å². The quantitative estimate of drug-likeness (QED) is 0.580. The van der Waals surface area contributed by atoms with Gasteiger partial charge in [0, 0.05) is 6.21 Å². The van der Waals surface area contributed by atoms with Gasteiger partial charge in [-0.05, 0) is 61.4 Å². The lowest BCUT2D eigenvalue weighted by Gasteiger charge is -2.09. The lowest BCUT2D eigenvalue weighted by atomic mass is 10.1. The molecular weight excluding hydrogens is 334 g/mol. The van der Waals surface area contributed by atoms with Gasteiger partial charge in [-0.3, -0.25) is 4.99 Å². The molecule has 0 aromatic heterocycles. The first-order chi connectivity index (χ1) is 12.4. The molecule has 0 saturated heterocycles. The van der Waals surface area contributed by atoms with Crippen molar-refractivity contribution in [2.75, 3.05) is 6.61 Å². The Kier molecular flexibility index (Phi) is 6.91. The van der Waals surface area contributed by atoms with Crippen molar-refractivity contribution < 1.29 is 24.2 Å². The normalized spacial score (nSPS) is 10.9. The Labute approximate surface area is 152 Å². The van der Waals surface area contributed by atoms with Crippen LogP contribution >= 0.6 is 0 Å². The second-order valence-corrected chi connectivity index (χ2v) is 5.87. The predicted molar refractivity (Wildman–Crippen MR) is 97.9 cm³/mol. The maximum atomic E-state index is 11.4. The first-order valence-electron chi connectivity index (χ1n) is 8.18. The Hall–Kier alpha value is -3.15. The molecule has 1 N–H and O–H groups in total. The molecule has 0 radical (unpaired) electrons. The van der Waals surface area contributed by atoms with Crippen LogP contribution in [-0.4, -0.2) is 36.0 Å². The average molecular weight is 355 g/mol. The van der Waals surface area contributed by atoms with Gasteiger partial charge in [0.1, 0.15) is 5.75 Å². The van der Waals surface area contributed by atoms with Crippen LogP contribution in [0, 0.1) is 0 Å². The SMILES string of the molecule is CC(C)OC(=O)COc1ccc(C=NCc2ccc(C(=O)O)cc2)cc1. The molecule has 2 aromatic rings. The van der Waals surface area contributed by atoms with Crippen LogP contribution in [0.5, 0.6) is 5.75 Å². The van der Waals surface area contributed by atoms with Gasteiger partial charge in [-0.25, -0.2) is 9.59 Å². The molecule has 0 unspecified atom stereocenters. The van der Waals surface area contributed by atoms with Crippen molar-refractivity contribution >= 4 is 18.2 Å². The summed E-state index contributed by atoms with van der Waals surface area (Å²) in [5.74, 6) is -0.772. The van der Waals surface area contributed by atoms with E-state index in [1.165, 1.54) is 0 Å². The highest BCUT2D eigenvalue weighted by molar-refractivity contribution is 5.87. The molecule has 0 amide bonds. The van der Waals surface area contributed by atoms with Crippen LogP contribution in [-0.2, 0) is 16.1 Å². The van der Waals surface area contributed by atoms with Crippen LogP contribution in [0.15, 0.2) is 53.5 Å². The highest BCUT2D eigenvalue weighted by Gasteiger charge is 2.06. The van der Waals surface area contributed by atoms with Crippen LogP contribution in [0.25, 0.3) is 0 Å². The minimum atomic E-state index is -0.945. The van der Waals surface area contributed by atoms with Gasteiger partial charge in [-0.2, -0.15) is 0 Å². The first-order valence-corrected chi connectivity index (χ1v) is 8.18. The van der Waals surface area contributed by atoms with E-state index in [0.717, 1.165) is 11.1 Å². The summed E-state index contributed by atoms with van der Waals surface area (Å²) in [6.45, 7) is 3.90. The van der Waals surface area contributed by atoms with E-state index in [2.05, 4.69) is 4.99 Å². The van der Waals surface area contributed by atoms with Gasteiger partial charge >= 0.3 is 11.9 Å². The molecule has 2 aromatic carbocycles. The van der Waals surface area contributed by atoms with E-state index in [9.17, 15) is 9.59 Å². The number of hydrogen-bond donors (Lipinski definition) is 1. The number of esters is 1. The molecule has 0 fully saturated rings. The summed E-state index contributed by atoms with van der Waals surface area (Å²) in [7, 11) is 0. The zero-order valence-electron chi connectivity index (χ0n) is 14.7. The second kappa shape index (κ2) is 9.36. The number of aromatic carboxylic acids is 1. The fraction of sp³-hybridized carbons (Fsp3) is 0.250. The van der Waals surface area contributed by atoms with Crippen molar-refractivity contribution in [1.29, 1.82) is 0 Å². The van der Waals surface area contributed by atoms with Gasteiger partial charge in [0.05, 0.1) is 18.2 Å². The van der Waals surface area contributed by atoms with Gasteiger partial charge in [0.2, 0.25) is 0 Å². The van der Waals surface area contributed by atoms with Crippen molar-refractivity contribution in [3.63, 3.8) is 0 Å². The fourth-order valence-corrected chi connectivity index (χ4v) is 2.10. The molecule has 0 atom stereocenters. The molecule has 0 heterocycles. The largest absolute Gasteiger partial charge is 0.482 e. The summed E-state index contributed by atoms with van der Waals surface area (Å²) < 4.78 is 10.4. The number of carboxylic acids is 1. The predicted octanol–water partition coefficient (Wildman–Crippen LogP) is 3.33. The van der Waals surface area contributed by atoms with Crippen LogP contribution in [0.1, 0.15) is 35.3 Å². The molecule has 136 valence electrons. The number of ether oxygens (including phenoxy) is 2. The Morgan fingerprint density at radius 3 is 2.31 bits per heavy atom. The monoisotopic (exact) mass is 355 g/mol. The highest BCUT2D eigenvalue weighted by Crippen LogP contribution is 2.12. The number of rotatable bonds is 8. The molecule has 6 nitrogen and oxygen atoms in total. The number of aliphatic imine (C=N–C) groups is 1. The second-order valence-electron chi connectivity index (χ2n) is 5.87. The molecule has 0 saturated carbocycles. The molecule has 2 rings (SSSR count). The molecule has 26 heavy (non-hydrogen) atoms. The van der Waals surface area contributed by atoms with Crippen LogP contribution in [0.3, 0.4) is 0 Å². The van der Waals surface area contributed by atoms with Gasteiger partial charge in [0.15, 0.2) is 6.61 Å². The van der Waals surface area contributed by atoms with Crippen molar-refractivity contribution in [1.82, 2.24) is 0 Å². The Balaban J connectivity index is 1.83. The van der Waals surface area contributed by atoms with E-state index in [4.69, 9.17) is 14.6 Å². The summed E-state index contributed by atoms with van der Waals surface area (Å²) in [6.07, 6.45) is 1.56. The van der Waals surface area contributed by atoms with E-state index in [0.29, 0.717) is 12.3 Å². The molecule has 6 heteroatoms. The summed E-state index contributed by atoms with van der Waals surface area (Å²) >= 11 is 0. The number of carbonyl (C=O) groups is 2. The Morgan fingerprint density at radius 2 is 1.73 bits per heavy atom. The lowest BCUT2D eigenvalue weighted by Crippen LogP contribution is -2.18.